The highest BCUT2D eigenvalue weighted by Crippen LogP contribution is 2.01. The van der Waals surface area contributed by atoms with E-state index in [9.17, 15) is 13.2 Å². The van der Waals surface area contributed by atoms with E-state index in [0.717, 1.165) is 0 Å². The molecule has 0 heterocycles. The Hall–Kier alpha value is -0.960. The topological polar surface area (TPSA) is 92.7 Å². The first-order valence-electron chi connectivity index (χ1n) is 5.88. The standard InChI is InChI=1S/C11H22N2O5S/c1-10(2)11(14)12-18-8-7-13(3,4)6-5-9-19(15,16)17/h1,5-9H2,2-4H3,(H-,12,14,15,16,17)/p+1. The van der Waals surface area contributed by atoms with Crippen molar-refractivity contribution in [3.05, 3.63) is 12.2 Å². The Balaban J connectivity index is 3.85. The number of hydrogen-bond acceptors (Lipinski definition) is 4. The average Bonchev–Trinajstić information content (AvgIpc) is 2.21. The Morgan fingerprint density at radius 2 is 1.95 bits per heavy atom. The lowest BCUT2D eigenvalue weighted by Crippen LogP contribution is -2.44. The van der Waals surface area contributed by atoms with Crippen molar-refractivity contribution < 1.29 is 27.1 Å². The van der Waals surface area contributed by atoms with E-state index in [1.54, 1.807) is 6.92 Å². The van der Waals surface area contributed by atoms with Gasteiger partial charge < -0.3 is 4.48 Å². The number of hydroxylamine groups is 1. The molecular weight excluding hydrogens is 272 g/mol. The van der Waals surface area contributed by atoms with Crippen molar-refractivity contribution >= 4 is 16.0 Å². The van der Waals surface area contributed by atoms with Crippen LogP contribution in [0.15, 0.2) is 12.2 Å². The van der Waals surface area contributed by atoms with Gasteiger partial charge in [0.25, 0.3) is 16.0 Å². The van der Waals surface area contributed by atoms with Crippen LogP contribution < -0.4 is 5.48 Å². The minimum atomic E-state index is -3.90. The van der Waals surface area contributed by atoms with Crippen molar-refractivity contribution in [2.24, 2.45) is 0 Å². The zero-order chi connectivity index (χ0) is 15.1. The summed E-state index contributed by atoms with van der Waals surface area (Å²) >= 11 is 0. The van der Waals surface area contributed by atoms with Gasteiger partial charge in [0.05, 0.1) is 26.4 Å². The highest BCUT2D eigenvalue weighted by atomic mass is 32.2. The first kappa shape index (κ1) is 18.0. The van der Waals surface area contributed by atoms with Crippen molar-refractivity contribution in [2.45, 2.75) is 13.3 Å². The van der Waals surface area contributed by atoms with Gasteiger partial charge in [0.15, 0.2) is 0 Å². The van der Waals surface area contributed by atoms with Crippen LogP contribution in [0, 0.1) is 0 Å². The molecule has 0 aliphatic heterocycles. The quantitative estimate of drug-likeness (QED) is 0.205. The molecule has 0 radical (unpaired) electrons. The molecule has 0 aliphatic carbocycles. The highest BCUT2D eigenvalue weighted by Gasteiger charge is 2.16. The van der Waals surface area contributed by atoms with Gasteiger partial charge in [-0.3, -0.25) is 14.2 Å². The molecule has 0 aromatic rings. The molecule has 2 N–H and O–H groups in total. The molecule has 0 fully saturated rings. The van der Waals surface area contributed by atoms with E-state index in [0.29, 0.717) is 36.2 Å². The minimum Gasteiger partial charge on any atom is -0.326 e. The predicted octanol–water partition coefficient (Wildman–Crippen LogP) is -0.0354. The van der Waals surface area contributed by atoms with Gasteiger partial charge in [-0.05, 0) is 6.92 Å². The fraction of sp³-hybridized carbons (Fsp3) is 0.727. The second kappa shape index (κ2) is 7.59. The van der Waals surface area contributed by atoms with Crippen molar-refractivity contribution in [1.82, 2.24) is 5.48 Å². The van der Waals surface area contributed by atoms with Crippen LogP contribution in [-0.4, -0.2) is 62.9 Å². The van der Waals surface area contributed by atoms with Crippen molar-refractivity contribution in [1.29, 1.82) is 0 Å². The smallest absolute Gasteiger partial charge is 0.269 e. The maximum atomic E-state index is 11.1. The molecule has 8 heteroatoms. The predicted molar refractivity (Wildman–Crippen MR) is 71.8 cm³/mol. The number of carbonyl (C=O) groups is 1. The zero-order valence-electron chi connectivity index (χ0n) is 11.7. The Bertz CT molecular complexity index is 417. The van der Waals surface area contributed by atoms with Gasteiger partial charge in [-0.1, -0.05) is 6.58 Å². The van der Waals surface area contributed by atoms with Crippen LogP contribution >= 0.6 is 0 Å². The van der Waals surface area contributed by atoms with Crippen molar-refractivity contribution in [3.63, 3.8) is 0 Å². The van der Waals surface area contributed by atoms with E-state index in [1.165, 1.54) is 0 Å². The van der Waals surface area contributed by atoms with Gasteiger partial charge in [-0.2, -0.15) is 8.42 Å². The van der Waals surface area contributed by atoms with Gasteiger partial charge in [-0.15, -0.1) is 0 Å². The Kier molecular flexibility index (Phi) is 7.20. The van der Waals surface area contributed by atoms with Gasteiger partial charge in [0.2, 0.25) is 0 Å². The van der Waals surface area contributed by atoms with E-state index in [1.807, 2.05) is 14.1 Å². The third-order valence-electron chi connectivity index (χ3n) is 2.52. The third-order valence-corrected chi connectivity index (χ3v) is 3.32. The Morgan fingerprint density at radius 1 is 1.37 bits per heavy atom. The van der Waals surface area contributed by atoms with Gasteiger partial charge in [0, 0.05) is 12.0 Å². The molecule has 0 saturated heterocycles. The summed E-state index contributed by atoms with van der Waals surface area (Å²) in [6.07, 6.45) is 0.365. The largest absolute Gasteiger partial charge is 0.326 e. The van der Waals surface area contributed by atoms with Gasteiger partial charge >= 0.3 is 0 Å². The average molecular weight is 295 g/mol. The number of nitrogens with one attached hydrogen (secondary N) is 1. The van der Waals surface area contributed by atoms with E-state index >= 15 is 0 Å². The number of quaternary nitrogens is 1. The van der Waals surface area contributed by atoms with Crippen LogP contribution in [0.3, 0.4) is 0 Å². The molecule has 0 saturated carbocycles. The maximum Gasteiger partial charge on any atom is 0.269 e. The first-order valence-corrected chi connectivity index (χ1v) is 7.49. The normalized spacial score (nSPS) is 12.2. The van der Waals surface area contributed by atoms with Crippen molar-refractivity contribution in [2.75, 3.05) is 39.5 Å². The van der Waals surface area contributed by atoms with Crippen LogP contribution in [0.25, 0.3) is 0 Å². The minimum absolute atomic E-state index is 0.248. The number of likely N-dealkylation sites (N-methyl/N-ethyl adjacent to an activating group) is 1. The van der Waals surface area contributed by atoms with Crippen molar-refractivity contribution in [3.8, 4) is 0 Å². The molecule has 0 rings (SSSR count). The summed E-state index contributed by atoms with van der Waals surface area (Å²) < 4.78 is 30.3. The second-order valence-electron chi connectivity index (χ2n) is 5.08. The molecule has 1 amide bonds. The van der Waals surface area contributed by atoms with Crippen LogP contribution in [-0.2, 0) is 19.8 Å². The molecule has 0 aromatic heterocycles. The Labute approximate surface area is 114 Å². The SMILES string of the molecule is C=C(C)C(=O)NOCC[N+](C)(C)CCCS(=O)(=O)O. The lowest BCUT2D eigenvalue weighted by atomic mass is 10.3. The van der Waals surface area contributed by atoms with Gasteiger partial charge in [0.1, 0.15) is 13.2 Å². The molecule has 0 unspecified atom stereocenters. The summed E-state index contributed by atoms with van der Waals surface area (Å²) in [5, 5.41) is 0. The van der Waals surface area contributed by atoms with E-state index in [2.05, 4.69) is 12.1 Å². The zero-order valence-corrected chi connectivity index (χ0v) is 12.5. The number of carbonyl (C=O) groups excluding carboxylic acids is 1. The summed E-state index contributed by atoms with van der Waals surface area (Å²) in [5.74, 6) is -0.612. The Morgan fingerprint density at radius 3 is 2.42 bits per heavy atom. The summed E-state index contributed by atoms with van der Waals surface area (Å²) in [5.41, 5.74) is 2.61. The summed E-state index contributed by atoms with van der Waals surface area (Å²) in [6, 6.07) is 0. The summed E-state index contributed by atoms with van der Waals surface area (Å²) in [6.45, 7) is 6.53. The molecule has 19 heavy (non-hydrogen) atoms. The highest BCUT2D eigenvalue weighted by molar-refractivity contribution is 7.85. The lowest BCUT2D eigenvalue weighted by Gasteiger charge is -2.29. The number of amides is 1. The second-order valence-corrected chi connectivity index (χ2v) is 6.65. The molecule has 0 atom stereocenters. The van der Waals surface area contributed by atoms with Crippen LogP contribution in [0.4, 0.5) is 0 Å². The molecule has 0 aromatic carbocycles. The molecular formula is C11H23N2O5S+. The lowest BCUT2D eigenvalue weighted by molar-refractivity contribution is -0.890. The molecule has 0 bridgehead atoms. The number of rotatable bonds is 9. The van der Waals surface area contributed by atoms with E-state index < -0.39 is 10.1 Å². The number of nitrogens with zero attached hydrogens (tertiary/aromatic N) is 1. The molecule has 7 nitrogen and oxygen atoms in total. The summed E-state index contributed by atoms with van der Waals surface area (Å²) in [7, 11) is -0.0792. The summed E-state index contributed by atoms with van der Waals surface area (Å²) in [4.78, 5) is 16.1. The molecule has 0 aliphatic rings. The first-order chi connectivity index (χ1) is 8.53. The van der Waals surface area contributed by atoms with Crippen LogP contribution in [0.5, 0.6) is 0 Å². The van der Waals surface area contributed by atoms with E-state index in [-0.39, 0.29) is 11.7 Å². The van der Waals surface area contributed by atoms with Crippen LogP contribution in [0.1, 0.15) is 13.3 Å². The monoisotopic (exact) mass is 295 g/mol. The number of hydrogen-bond donors (Lipinski definition) is 2. The molecule has 0 spiro atoms. The fourth-order valence-electron chi connectivity index (χ4n) is 1.28. The van der Waals surface area contributed by atoms with Gasteiger partial charge in [-0.25, -0.2) is 5.48 Å². The molecule has 112 valence electrons. The van der Waals surface area contributed by atoms with Crippen LogP contribution in [0.2, 0.25) is 0 Å². The maximum absolute atomic E-state index is 11.1. The third kappa shape index (κ3) is 10.6. The fourth-order valence-corrected chi connectivity index (χ4v) is 1.78. The van der Waals surface area contributed by atoms with E-state index in [4.69, 9.17) is 9.39 Å².